The minimum Gasteiger partial charge on any atom is -0.481 e. The number of carbonyl (C=O) groups is 1. The first kappa shape index (κ1) is 19.5. The summed E-state index contributed by atoms with van der Waals surface area (Å²) in [6.45, 7) is 1.55. The van der Waals surface area contributed by atoms with Crippen LogP contribution in [0.1, 0.15) is 11.1 Å². The number of aliphatic carboxylic acids is 1. The van der Waals surface area contributed by atoms with Crippen molar-refractivity contribution < 1.29 is 14.6 Å². The van der Waals surface area contributed by atoms with Crippen molar-refractivity contribution in [1.82, 2.24) is 9.66 Å². The number of rotatable bonds is 6. The Bertz CT molecular complexity index is 1310. The van der Waals surface area contributed by atoms with Crippen LogP contribution in [0.4, 0.5) is 0 Å². The molecule has 0 aliphatic carbocycles. The monoisotopic (exact) mass is 419 g/mol. The van der Waals surface area contributed by atoms with Crippen LogP contribution in [0, 0.1) is 6.92 Å². The molecular weight excluding hydrogens is 402 g/mol. The van der Waals surface area contributed by atoms with Gasteiger partial charge in [0.2, 0.25) is 0 Å². The molecule has 1 N–H and O–H groups in total. The zero-order valence-electron chi connectivity index (χ0n) is 16.0. The van der Waals surface area contributed by atoms with E-state index < -0.39 is 12.6 Å². The van der Waals surface area contributed by atoms with Gasteiger partial charge in [-0.3, -0.25) is 4.79 Å². The van der Waals surface area contributed by atoms with Gasteiger partial charge in [0.05, 0.1) is 11.6 Å². The van der Waals surface area contributed by atoms with Crippen LogP contribution in [0.25, 0.3) is 21.3 Å². The minimum atomic E-state index is -1.08. The maximum atomic E-state index is 13.1. The molecule has 0 bridgehead atoms. The summed E-state index contributed by atoms with van der Waals surface area (Å²) in [4.78, 5) is 28.8. The van der Waals surface area contributed by atoms with Gasteiger partial charge in [0, 0.05) is 16.5 Å². The highest BCUT2D eigenvalue weighted by Crippen LogP contribution is 2.30. The van der Waals surface area contributed by atoms with Crippen molar-refractivity contribution in [2.75, 3.05) is 6.61 Å². The maximum absolute atomic E-state index is 13.1. The normalized spacial score (nSPS) is 11.2. The standard InChI is InChI=1S/C22H17N3O4S/c1-14-6-8-15(9-7-14)17-12-30-21-20(17)22(28)25(13-23-21)24-10-16-4-2-3-5-18(16)29-11-19(26)27/h2-10,12-13H,11H2,1H3,(H,26,27)/b24-10-. The molecule has 0 atom stereocenters. The van der Waals surface area contributed by atoms with Gasteiger partial charge >= 0.3 is 5.97 Å². The third kappa shape index (κ3) is 3.99. The highest BCUT2D eigenvalue weighted by molar-refractivity contribution is 7.17. The number of carboxylic acid groups (broad SMARTS) is 1. The number of aryl methyl sites for hydroxylation is 1. The number of aromatic nitrogens is 2. The van der Waals surface area contributed by atoms with Crippen molar-refractivity contribution in [1.29, 1.82) is 0 Å². The van der Waals surface area contributed by atoms with Crippen molar-refractivity contribution in [3.63, 3.8) is 0 Å². The zero-order valence-corrected chi connectivity index (χ0v) is 16.8. The predicted octanol–water partition coefficient (Wildman–Crippen LogP) is 3.78. The van der Waals surface area contributed by atoms with Crippen molar-refractivity contribution in [2.45, 2.75) is 6.92 Å². The fourth-order valence-corrected chi connectivity index (χ4v) is 3.84. The lowest BCUT2D eigenvalue weighted by molar-refractivity contribution is -0.139. The van der Waals surface area contributed by atoms with Gasteiger partial charge in [0.25, 0.3) is 5.56 Å². The van der Waals surface area contributed by atoms with Gasteiger partial charge < -0.3 is 9.84 Å². The number of thiophene rings is 1. The maximum Gasteiger partial charge on any atom is 0.341 e. The van der Waals surface area contributed by atoms with Gasteiger partial charge in [-0.25, -0.2) is 9.78 Å². The van der Waals surface area contributed by atoms with Crippen LogP contribution in [0.5, 0.6) is 5.75 Å². The Morgan fingerprint density at radius 3 is 2.77 bits per heavy atom. The van der Waals surface area contributed by atoms with Crippen LogP contribution >= 0.6 is 11.3 Å². The van der Waals surface area contributed by atoms with E-state index in [1.807, 2.05) is 36.6 Å². The number of fused-ring (bicyclic) bond motifs is 1. The number of hydrogen-bond donors (Lipinski definition) is 1. The van der Waals surface area contributed by atoms with Gasteiger partial charge in [-0.15, -0.1) is 11.3 Å². The molecule has 4 rings (SSSR count). The third-order valence-corrected chi connectivity index (χ3v) is 5.32. The summed E-state index contributed by atoms with van der Waals surface area (Å²) >= 11 is 1.41. The molecule has 0 saturated heterocycles. The van der Waals surface area contributed by atoms with Crippen LogP contribution in [0.15, 0.2) is 70.1 Å². The number of para-hydroxylation sites is 1. The molecule has 30 heavy (non-hydrogen) atoms. The van der Waals surface area contributed by atoms with Crippen LogP contribution in [0.3, 0.4) is 0 Å². The summed E-state index contributed by atoms with van der Waals surface area (Å²) < 4.78 is 6.44. The second-order valence-corrected chi connectivity index (χ2v) is 7.41. The quantitative estimate of drug-likeness (QED) is 0.480. The zero-order chi connectivity index (χ0) is 21.1. The fourth-order valence-electron chi connectivity index (χ4n) is 2.93. The topological polar surface area (TPSA) is 93.8 Å². The smallest absolute Gasteiger partial charge is 0.341 e. The van der Waals surface area contributed by atoms with E-state index in [2.05, 4.69) is 10.1 Å². The lowest BCUT2D eigenvalue weighted by Gasteiger charge is -2.06. The molecule has 2 heterocycles. The lowest BCUT2D eigenvalue weighted by atomic mass is 10.1. The summed E-state index contributed by atoms with van der Waals surface area (Å²) in [5.41, 5.74) is 3.18. The Labute approximate surface area is 175 Å². The molecule has 0 fully saturated rings. The van der Waals surface area contributed by atoms with Crippen LogP contribution < -0.4 is 10.3 Å². The van der Waals surface area contributed by atoms with E-state index in [0.29, 0.717) is 21.5 Å². The Morgan fingerprint density at radius 2 is 2.00 bits per heavy atom. The molecule has 2 aromatic carbocycles. The van der Waals surface area contributed by atoms with E-state index >= 15 is 0 Å². The van der Waals surface area contributed by atoms with Gasteiger partial charge in [-0.2, -0.15) is 9.78 Å². The van der Waals surface area contributed by atoms with E-state index in [0.717, 1.165) is 16.7 Å². The second kappa shape index (κ2) is 8.30. The molecule has 7 nitrogen and oxygen atoms in total. The molecule has 0 amide bonds. The number of carboxylic acids is 1. The van der Waals surface area contributed by atoms with Crippen LogP contribution in [0.2, 0.25) is 0 Å². The van der Waals surface area contributed by atoms with E-state index in [1.165, 1.54) is 28.6 Å². The molecule has 0 unspecified atom stereocenters. The third-order valence-electron chi connectivity index (χ3n) is 4.43. The van der Waals surface area contributed by atoms with Crippen molar-refractivity contribution in [2.24, 2.45) is 5.10 Å². The highest BCUT2D eigenvalue weighted by Gasteiger charge is 2.13. The Balaban J connectivity index is 1.72. The number of hydrogen-bond acceptors (Lipinski definition) is 6. The molecule has 8 heteroatoms. The van der Waals surface area contributed by atoms with Crippen molar-refractivity contribution in [3.8, 4) is 16.9 Å². The minimum absolute atomic E-state index is 0.281. The van der Waals surface area contributed by atoms with E-state index in [4.69, 9.17) is 9.84 Å². The molecule has 0 aliphatic heterocycles. The molecule has 4 aromatic rings. The first-order valence-electron chi connectivity index (χ1n) is 9.07. The molecule has 2 aromatic heterocycles. The largest absolute Gasteiger partial charge is 0.481 e. The van der Waals surface area contributed by atoms with E-state index in [1.54, 1.807) is 24.3 Å². The molecule has 0 saturated carbocycles. The first-order valence-corrected chi connectivity index (χ1v) is 9.95. The summed E-state index contributed by atoms with van der Waals surface area (Å²) in [6, 6.07) is 14.8. The number of ether oxygens (including phenoxy) is 1. The highest BCUT2D eigenvalue weighted by atomic mass is 32.1. The van der Waals surface area contributed by atoms with Crippen LogP contribution in [-0.2, 0) is 4.79 Å². The van der Waals surface area contributed by atoms with Crippen molar-refractivity contribution >= 4 is 33.7 Å². The summed E-state index contributed by atoms with van der Waals surface area (Å²) in [5, 5.41) is 15.5. The molecule has 150 valence electrons. The molecule has 0 radical (unpaired) electrons. The molecular formula is C22H17N3O4S. The Hall–Kier alpha value is -3.78. The first-order chi connectivity index (χ1) is 14.5. The SMILES string of the molecule is Cc1ccc(-c2csc3ncn(/N=C\c4ccccc4OCC(=O)O)c(=O)c23)cc1. The number of benzene rings is 2. The molecule has 0 aliphatic rings. The summed E-state index contributed by atoms with van der Waals surface area (Å²) in [7, 11) is 0. The number of nitrogens with zero attached hydrogens (tertiary/aromatic N) is 3. The average molecular weight is 419 g/mol. The Kier molecular flexibility index (Phi) is 5.40. The van der Waals surface area contributed by atoms with Crippen LogP contribution in [-0.4, -0.2) is 33.6 Å². The summed E-state index contributed by atoms with van der Waals surface area (Å²) in [6.07, 6.45) is 2.82. The fraction of sp³-hybridized carbons (Fsp3) is 0.0909. The molecule has 0 spiro atoms. The van der Waals surface area contributed by atoms with E-state index in [-0.39, 0.29) is 5.56 Å². The van der Waals surface area contributed by atoms with Gasteiger partial charge in [-0.05, 0) is 24.6 Å². The lowest BCUT2D eigenvalue weighted by Crippen LogP contribution is -2.17. The van der Waals surface area contributed by atoms with Crippen molar-refractivity contribution in [3.05, 3.63) is 81.7 Å². The second-order valence-electron chi connectivity index (χ2n) is 6.55. The van der Waals surface area contributed by atoms with E-state index in [9.17, 15) is 9.59 Å². The van der Waals surface area contributed by atoms with Gasteiger partial charge in [0.1, 0.15) is 16.9 Å². The average Bonchev–Trinajstić information content (AvgIpc) is 3.18. The van der Waals surface area contributed by atoms with Gasteiger partial charge in [-0.1, -0.05) is 42.0 Å². The predicted molar refractivity (Wildman–Crippen MR) is 117 cm³/mol. The van der Waals surface area contributed by atoms with Gasteiger partial charge in [0.15, 0.2) is 6.61 Å². The summed E-state index contributed by atoms with van der Waals surface area (Å²) in [5.74, 6) is -0.713. The Morgan fingerprint density at radius 1 is 1.23 bits per heavy atom.